The van der Waals surface area contributed by atoms with E-state index >= 15 is 0 Å². The first-order valence-corrected chi connectivity index (χ1v) is 9.84. The van der Waals surface area contributed by atoms with E-state index < -0.39 is 6.04 Å². The maximum Gasteiger partial charge on any atom is 0.238 e. The highest BCUT2D eigenvalue weighted by molar-refractivity contribution is 5.83. The summed E-state index contributed by atoms with van der Waals surface area (Å²) in [5.41, 5.74) is 2.00. The molecular formula is C21H24FN5O. The molecule has 2 heterocycles. The van der Waals surface area contributed by atoms with Crippen LogP contribution >= 0.6 is 0 Å². The normalized spacial score (nSPS) is 24.1. The number of benzene rings is 1. The molecule has 4 unspecified atom stereocenters. The Bertz CT molecular complexity index is 918. The summed E-state index contributed by atoms with van der Waals surface area (Å²) in [5, 5.41) is 19.8. The van der Waals surface area contributed by atoms with Crippen molar-refractivity contribution in [1.82, 2.24) is 20.4 Å². The number of halogens is 1. The summed E-state index contributed by atoms with van der Waals surface area (Å²) in [5.74, 6) is -0.179. The van der Waals surface area contributed by atoms with Gasteiger partial charge in [-0.05, 0) is 49.3 Å². The highest BCUT2D eigenvalue weighted by Gasteiger charge is 2.43. The molecule has 0 spiro atoms. The van der Waals surface area contributed by atoms with E-state index in [1.165, 1.54) is 6.07 Å². The van der Waals surface area contributed by atoms with E-state index in [1.54, 1.807) is 16.9 Å². The summed E-state index contributed by atoms with van der Waals surface area (Å²) in [4.78, 5) is 12.5. The summed E-state index contributed by atoms with van der Waals surface area (Å²) < 4.78 is 16.4. The minimum absolute atomic E-state index is 0.142. The number of nitrogens with one attached hydrogen (secondary N) is 2. The highest BCUT2D eigenvalue weighted by Crippen LogP contribution is 2.35. The molecule has 4 atom stereocenters. The topological polar surface area (TPSA) is 82.7 Å². The van der Waals surface area contributed by atoms with E-state index in [1.807, 2.05) is 19.2 Å². The zero-order chi connectivity index (χ0) is 19.7. The van der Waals surface area contributed by atoms with Crippen LogP contribution in [0.2, 0.25) is 0 Å². The summed E-state index contributed by atoms with van der Waals surface area (Å²) in [6.07, 6.45) is 6.92. The van der Waals surface area contributed by atoms with Crippen LogP contribution in [0.5, 0.6) is 0 Å². The Balaban J connectivity index is 1.42. The second-order valence-electron chi connectivity index (χ2n) is 7.70. The highest BCUT2D eigenvalue weighted by atomic mass is 19.1. The maximum absolute atomic E-state index is 14.6. The van der Waals surface area contributed by atoms with Crippen molar-refractivity contribution >= 4 is 5.91 Å². The van der Waals surface area contributed by atoms with Gasteiger partial charge in [-0.3, -0.25) is 9.48 Å². The molecule has 28 heavy (non-hydrogen) atoms. The van der Waals surface area contributed by atoms with Gasteiger partial charge in [-0.25, -0.2) is 4.39 Å². The molecule has 1 amide bonds. The van der Waals surface area contributed by atoms with Crippen LogP contribution in [0.3, 0.4) is 0 Å². The van der Waals surface area contributed by atoms with E-state index in [0.717, 1.165) is 36.9 Å². The molecule has 2 N–H and O–H groups in total. The maximum atomic E-state index is 14.6. The molecule has 2 aromatic rings. The Kier molecular flexibility index (Phi) is 5.14. The lowest BCUT2D eigenvalue weighted by Crippen LogP contribution is -2.50. The van der Waals surface area contributed by atoms with Crippen molar-refractivity contribution in [3.63, 3.8) is 0 Å². The van der Waals surface area contributed by atoms with Crippen LogP contribution < -0.4 is 10.6 Å². The zero-order valence-electron chi connectivity index (χ0n) is 15.9. The predicted octanol–water partition coefficient (Wildman–Crippen LogP) is 2.40. The fraction of sp³-hybridized carbons (Fsp3) is 0.476. The van der Waals surface area contributed by atoms with Gasteiger partial charge in [-0.1, -0.05) is 12.1 Å². The number of aromatic nitrogens is 2. The molecular weight excluding hydrogens is 357 g/mol. The molecule has 1 saturated carbocycles. The smallest absolute Gasteiger partial charge is 0.238 e. The van der Waals surface area contributed by atoms with Crippen molar-refractivity contribution in [1.29, 1.82) is 5.26 Å². The lowest BCUT2D eigenvalue weighted by atomic mass is 9.98. The van der Waals surface area contributed by atoms with E-state index in [2.05, 4.69) is 21.8 Å². The Morgan fingerprint density at radius 3 is 2.93 bits per heavy atom. The van der Waals surface area contributed by atoms with Crippen LogP contribution in [-0.4, -0.2) is 33.8 Å². The molecule has 0 radical (unpaired) electrons. The van der Waals surface area contributed by atoms with Crippen LogP contribution in [0.1, 0.15) is 31.7 Å². The Labute approximate surface area is 163 Å². The average Bonchev–Trinajstić information content (AvgIpc) is 3.45. The first-order chi connectivity index (χ1) is 13.6. The van der Waals surface area contributed by atoms with Gasteiger partial charge in [0.25, 0.3) is 0 Å². The third-order valence-electron chi connectivity index (χ3n) is 5.88. The fourth-order valence-electron chi connectivity index (χ4n) is 4.34. The summed E-state index contributed by atoms with van der Waals surface area (Å²) in [7, 11) is 0. The predicted molar refractivity (Wildman–Crippen MR) is 103 cm³/mol. The van der Waals surface area contributed by atoms with Gasteiger partial charge in [0.2, 0.25) is 5.91 Å². The summed E-state index contributed by atoms with van der Waals surface area (Å²) in [6.45, 7) is 2.74. The lowest BCUT2D eigenvalue weighted by molar-refractivity contribution is -0.124. The van der Waals surface area contributed by atoms with Crippen molar-refractivity contribution < 1.29 is 9.18 Å². The van der Waals surface area contributed by atoms with E-state index in [0.29, 0.717) is 17.5 Å². The molecule has 2 bridgehead atoms. The van der Waals surface area contributed by atoms with Gasteiger partial charge in [0.05, 0.1) is 18.3 Å². The monoisotopic (exact) mass is 381 g/mol. The molecule has 2 fully saturated rings. The van der Waals surface area contributed by atoms with Crippen LogP contribution in [0.15, 0.2) is 30.6 Å². The average molecular weight is 381 g/mol. The third-order valence-corrected chi connectivity index (χ3v) is 5.88. The molecule has 4 rings (SSSR count). The Morgan fingerprint density at radius 2 is 2.32 bits per heavy atom. The number of carbonyl (C=O) groups is 1. The minimum Gasteiger partial charge on any atom is -0.339 e. The standard InChI is InChI=1S/C21H24FN5O/c1-2-27-12-16(11-24-27)13-3-4-14(19(22)9-13)7-18(10-23)26-21(28)20-15-5-6-17(8-15)25-20/h3-4,9,11-12,15,17-18,20,25H,2,5-8H2,1H3,(H,26,28). The molecule has 1 aliphatic carbocycles. The number of hydrogen-bond acceptors (Lipinski definition) is 4. The largest absolute Gasteiger partial charge is 0.339 e. The minimum atomic E-state index is -0.753. The number of nitrogens with zero attached hydrogens (tertiary/aromatic N) is 3. The van der Waals surface area contributed by atoms with Crippen molar-refractivity contribution in [3.05, 3.63) is 42.0 Å². The molecule has 7 heteroatoms. The van der Waals surface area contributed by atoms with E-state index in [9.17, 15) is 14.4 Å². The number of hydrogen-bond donors (Lipinski definition) is 2. The second-order valence-corrected chi connectivity index (χ2v) is 7.70. The summed E-state index contributed by atoms with van der Waals surface area (Å²) >= 11 is 0. The van der Waals surface area contributed by atoms with Gasteiger partial charge < -0.3 is 10.6 Å². The van der Waals surface area contributed by atoms with Crippen molar-refractivity contribution in [2.45, 2.75) is 57.3 Å². The SMILES string of the molecule is CCn1cc(-c2ccc(CC(C#N)NC(=O)C3NC4CCC3C4)c(F)c2)cn1. The van der Waals surface area contributed by atoms with Crippen LogP contribution in [0.4, 0.5) is 4.39 Å². The molecule has 1 aliphatic heterocycles. The van der Waals surface area contributed by atoms with Crippen LogP contribution in [0.25, 0.3) is 11.1 Å². The number of amides is 1. The van der Waals surface area contributed by atoms with Gasteiger partial charge in [-0.2, -0.15) is 10.4 Å². The molecule has 1 aromatic carbocycles. The first kappa shape index (κ1) is 18.6. The van der Waals surface area contributed by atoms with Crippen molar-refractivity contribution in [2.24, 2.45) is 5.92 Å². The third kappa shape index (κ3) is 3.65. The molecule has 1 saturated heterocycles. The first-order valence-electron chi connectivity index (χ1n) is 9.84. The number of nitriles is 1. The molecule has 1 aromatic heterocycles. The van der Waals surface area contributed by atoms with Crippen molar-refractivity contribution in [2.75, 3.05) is 0 Å². The Hall–Kier alpha value is -2.72. The molecule has 146 valence electrons. The van der Waals surface area contributed by atoms with Gasteiger partial charge in [0.1, 0.15) is 11.9 Å². The number of fused-ring (bicyclic) bond motifs is 2. The van der Waals surface area contributed by atoms with E-state index in [-0.39, 0.29) is 24.2 Å². The van der Waals surface area contributed by atoms with Crippen molar-refractivity contribution in [3.8, 4) is 17.2 Å². The Morgan fingerprint density at radius 1 is 1.46 bits per heavy atom. The quantitative estimate of drug-likeness (QED) is 0.805. The molecule has 6 nitrogen and oxygen atoms in total. The molecule has 2 aliphatic rings. The van der Waals surface area contributed by atoms with Gasteiger partial charge in [-0.15, -0.1) is 0 Å². The zero-order valence-corrected chi connectivity index (χ0v) is 15.9. The van der Waals surface area contributed by atoms with Crippen LogP contribution in [0, 0.1) is 23.1 Å². The number of piperidine rings is 1. The lowest BCUT2D eigenvalue weighted by Gasteiger charge is -2.23. The van der Waals surface area contributed by atoms with Crippen LogP contribution in [-0.2, 0) is 17.8 Å². The fourth-order valence-corrected chi connectivity index (χ4v) is 4.34. The second kappa shape index (κ2) is 7.72. The number of rotatable bonds is 6. The number of aryl methyl sites for hydroxylation is 1. The van der Waals surface area contributed by atoms with Gasteiger partial charge in [0, 0.05) is 30.8 Å². The van der Waals surface area contributed by atoms with E-state index in [4.69, 9.17) is 0 Å². The number of carbonyl (C=O) groups excluding carboxylic acids is 1. The van der Waals surface area contributed by atoms with Gasteiger partial charge in [0.15, 0.2) is 0 Å². The summed E-state index contributed by atoms with van der Waals surface area (Å²) in [6, 6.07) is 6.50. The van der Waals surface area contributed by atoms with Gasteiger partial charge >= 0.3 is 0 Å².